The second kappa shape index (κ2) is 5.85. The van der Waals surface area contributed by atoms with Gasteiger partial charge in [0.1, 0.15) is 17.4 Å². The maximum Gasteiger partial charge on any atom is 0.143 e. The van der Waals surface area contributed by atoms with Crippen LogP contribution in [-0.4, -0.2) is 25.7 Å². The number of anilines is 1. The molecule has 1 N–H and O–H groups in total. The minimum Gasteiger partial charge on any atom is -0.368 e. The van der Waals surface area contributed by atoms with Crippen LogP contribution in [0.4, 0.5) is 10.1 Å². The number of nitrogens with zero attached hydrogens (tertiary/aromatic N) is 2. The van der Waals surface area contributed by atoms with Crippen molar-refractivity contribution in [1.29, 1.82) is 5.26 Å². The summed E-state index contributed by atoms with van der Waals surface area (Å²) in [6, 6.07) is 7.09. The minimum absolute atomic E-state index is 0. The van der Waals surface area contributed by atoms with Crippen LogP contribution >= 0.6 is 12.4 Å². The summed E-state index contributed by atoms with van der Waals surface area (Å²) in [5, 5.41) is 12.3. The largest absolute Gasteiger partial charge is 0.368 e. The number of nitrogens with one attached hydrogen (secondary N) is 1. The van der Waals surface area contributed by atoms with Crippen LogP contribution in [0.3, 0.4) is 0 Å². The number of hydrogen-bond acceptors (Lipinski definition) is 3. The fourth-order valence-electron chi connectivity index (χ4n) is 2.04. The molecule has 0 radical (unpaired) electrons. The molecule has 0 amide bonds. The molecule has 1 aliphatic heterocycles. The predicted molar refractivity (Wildman–Crippen MR) is 68.0 cm³/mol. The molecular formula is C12H15ClFN3. The van der Waals surface area contributed by atoms with Crippen LogP contribution in [0.2, 0.25) is 0 Å². The summed E-state index contributed by atoms with van der Waals surface area (Å²) < 4.78 is 13.4. The lowest BCUT2D eigenvalue weighted by Gasteiger charge is -2.34. The Morgan fingerprint density at radius 3 is 2.94 bits per heavy atom. The van der Waals surface area contributed by atoms with Gasteiger partial charge in [-0.05, 0) is 19.1 Å². The molecule has 0 saturated carbocycles. The lowest BCUT2D eigenvalue weighted by Crippen LogP contribution is -2.49. The molecule has 1 heterocycles. The summed E-state index contributed by atoms with van der Waals surface area (Å²) >= 11 is 0. The number of benzene rings is 1. The summed E-state index contributed by atoms with van der Waals surface area (Å²) in [6.07, 6.45) is 0. The Kier molecular flexibility index (Phi) is 4.73. The molecule has 17 heavy (non-hydrogen) atoms. The Bertz CT molecular complexity index is 430. The lowest BCUT2D eigenvalue weighted by atomic mass is 10.1. The SMILES string of the molecule is C[C@H]1CN(c2cccc(F)c2C#N)CCN1.Cl. The van der Waals surface area contributed by atoms with Crippen molar-refractivity contribution in [2.75, 3.05) is 24.5 Å². The topological polar surface area (TPSA) is 39.1 Å². The molecule has 1 aliphatic rings. The van der Waals surface area contributed by atoms with Gasteiger partial charge >= 0.3 is 0 Å². The molecule has 1 aromatic rings. The van der Waals surface area contributed by atoms with Crippen LogP contribution in [0, 0.1) is 17.1 Å². The van der Waals surface area contributed by atoms with Crippen LogP contribution < -0.4 is 10.2 Å². The molecule has 1 saturated heterocycles. The van der Waals surface area contributed by atoms with Crippen molar-refractivity contribution in [1.82, 2.24) is 5.32 Å². The van der Waals surface area contributed by atoms with Gasteiger partial charge in [0.25, 0.3) is 0 Å². The maximum atomic E-state index is 13.4. The number of hydrogen-bond donors (Lipinski definition) is 1. The molecule has 0 aliphatic carbocycles. The third kappa shape index (κ3) is 2.87. The first-order chi connectivity index (χ1) is 7.72. The molecule has 3 nitrogen and oxygen atoms in total. The molecule has 1 aromatic carbocycles. The van der Waals surface area contributed by atoms with E-state index in [0.717, 1.165) is 19.6 Å². The van der Waals surface area contributed by atoms with E-state index in [1.807, 2.05) is 6.07 Å². The van der Waals surface area contributed by atoms with E-state index in [1.165, 1.54) is 6.07 Å². The zero-order valence-corrected chi connectivity index (χ0v) is 10.4. The first-order valence-electron chi connectivity index (χ1n) is 5.39. The molecule has 0 bridgehead atoms. The van der Waals surface area contributed by atoms with Gasteiger partial charge in [-0.1, -0.05) is 6.07 Å². The summed E-state index contributed by atoms with van der Waals surface area (Å²) in [6.45, 7) is 4.56. The zero-order chi connectivity index (χ0) is 11.5. The van der Waals surface area contributed by atoms with Crippen LogP contribution in [0.15, 0.2) is 18.2 Å². The van der Waals surface area contributed by atoms with Crippen molar-refractivity contribution in [3.05, 3.63) is 29.6 Å². The first-order valence-corrected chi connectivity index (χ1v) is 5.39. The summed E-state index contributed by atoms with van der Waals surface area (Å²) in [5.74, 6) is -0.439. The standard InChI is InChI=1S/C12H14FN3.ClH/c1-9-8-16(6-5-15-9)12-4-2-3-11(13)10(12)7-14;/h2-4,9,15H,5-6,8H2,1H3;1H/t9-;/m0./s1. The van der Waals surface area contributed by atoms with E-state index in [2.05, 4.69) is 17.1 Å². The fraction of sp³-hybridized carbons (Fsp3) is 0.417. The fourth-order valence-corrected chi connectivity index (χ4v) is 2.04. The van der Waals surface area contributed by atoms with E-state index in [1.54, 1.807) is 12.1 Å². The third-order valence-electron chi connectivity index (χ3n) is 2.81. The quantitative estimate of drug-likeness (QED) is 0.833. The van der Waals surface area contributed by atoms with Gasteiger partial charge in [-0.25, -0.2) is 4.39 Å². The number of rotatable bonds is 1. The highest BCUT2D eigenvalue weighted by molar-refractivity contribution is 5.85. The van der Waals surface area contributed by atoms with Crippen molar-refractivity contribution in [3.63, 3.8) is 0 Å². The summed E-state index contributed by atoms with van der Waals surface area (Å²) in [5.41, 5.74) is 0.854. The Hall–Kier alpha value is -1.31. The summed E-state index contributed by atoms with van der Waals surface area (Å²) in [4.78, 5) is 2.06. The molecule has 5 heteroatoms. The maximum absolute atomic E-state index is 13.4. The van der Waals surface area contributed by atoms with E-state index >= 15 is 0 Å². The van der Waals surface area contributed by atoms with Crippen LogP contribution in [0.5, 0.6) is 0 Å². The van der Waals surface area contributed by atoms with Gasteiger partial charge in [0.15, 0.2) is 0 Å². The second-order valence-electron chi connectivity index (χ2n) is 4.05. The second-order valence-corrected chi connectivity index (χ2v) is 4.05. The molecule has 1 atom stereocenters. The number of nitriles is 1. The van der Waals surface area contributed by atoms with Gasteiger partial charge in [0.05, 0.1) is 5.69 Å². The van der Waals surface area contributed by atoms with Gasteiger partial charge in [-0.3, -0.25) is 0 Å². The van der Waals surface area contributed by atoms with Gasteiger partial charge < -0.3 is 10.2 Å². The van der Waals surface area contributed by atoms with E-state index in [-0.39, 0.29) is 18.0 Å². The van der Waals surface area contributed by atoms with E-state index in [0.29, 0.717) is 11.7 Å². The normalized spacial score (nSPS) is 19.4. The Morgan fingerprint density at radius 2 is 2.29 bits per heavy atom. The van der Waals surface area contributed by atoms with Crippen molar-refractivity contribution in [3.8, 4) is 6.07 Å². The Morgan fingerprint density at radius 1 is 1.53 bits per heavy atom. The van der Waals surface area contributed by atoms with Crippen molar-refractivity contribution in [2.45, 2.75) is 13.0 Å². The molecule has 2 rings (SSSR count). The van der Waals surface area contributed by atoms with Gasteiger partial charge in [0.2, 0.25) is 0 Å². The molecule has 1 fully saturated rings. The van der Waals surface area contributed by atoms with Crippen LogP contribution in [0.25, 0.3) is 0 Å². The molecule has 0 aromatic heterocycles. The monoisotopic (exact) mass is 255 g/mol. The average molecular weight is 256 g/mol. The smallest absolute Gasteiger partial charge is 0.143 e. The van der Waals surface area contributed by atoms with E-state index in [4.69, 9.17) is 5.26 Å². The van der Waals surface area contributed by atoms with Crippen LogP contribution in [0.1, 0.15) is 12.5 Å². The van der Waals surface area contributed by atoms with Crippen LogP contribution in [-0.2, 0) is 0 Å². The predicted octanol–water partition coefficient (Wildman–Crippen LogP) is 1.92. The lowest BCUT2D eigenvalue weighted by molar-refractivity contribution is 0.484. The van der Waals surface area contributed by atoms with E-state index < -0.39 is 5.82 Å². The van der Waals surface area contributed by atoms with Crippen molar-refractivity contribution < 1.29 is 4.39 Å². The number of piperazine rings is 1. The zero-order valence-electron chi connectivity index (χ0n) is 9.61. The van der Waals surface area contributed by atoms with Crippen molar-refractivity contribution in [2.24, 2.45) is 0 Å². The molecular weight excluding hydrogens is 241 g/mol. The van der Waals surface area contributed by atoms with Gasteiger partial charge in [0, 0.05) is 25.7 Å². The Balaban J connectivity index is 0.00000144. The summed E-state index contributed by atoms with van der Waals surface area (Å²) in [7, 11) is 0. The Labute approximate surface area is 107 Å². The minimum atomic E-state index is -0.439. The molecule has 0 spiro atoms. The molecule has 92 valence electrons. The van der Waals surface area contributed by atoms with Crippen molar-refractivity contribution >= 4 is 18.1 Å². The van der Waals surface area contributed by atoms with E-state index in [9.17, 15) is 4.39 Å². The highest BCUT2D eigenvalue weighted by Gasteiger charge is 2.19. The average Bonchev–Trinajstić information content (AvgIpc) is 2.28. The van der Waals surface area contributed by atoms with Gasteiger partial charge in [-0.2, -0.15) is 5.26 Å². The molecule has 0 unspecified atom stereocenters. The first kappa shape index (κ1) is 13.8. The highest BCUT2D eigenvalue weighted by Crippen LogP contribution is 2.23. The number of halogens is 2. The van der Waals surface area contributed by atoms with Gasteiger partial charge in [-0.15, -0.1) is 12.4 Å². The third-order valence-corrected chi connectivity index (χ3v) is 2.81. The highest BCUT2D eigenvalue weighted by atomic mass is 35.5.